The van der Waals surface area contributed by atoms with Gasteiger partial charge in [-0.25, -0.2) is 4.39 Å². The van der Waals surface area contributed by atoms with Crippen molar-refractivity contribution >= 4 is 0 Å². The van der Waals surface area contributed by atoms with Gasteiger partial charge in [0.05, 0.1) is 11.0 Å². The Morgan fingerprint density at radius 1 is 0.871 bits per heavy atom. The number of rotatable bonds is 7. The molecule has 1 atom stereocenters. The molecule has 3 aromatic rings. The van der Waals surface area contributed by atoms with Crippen molar-refractivity contribution in [1.29, 1.82) is 0 Å². The van der Waals surface area contributed by atoms with E-state index in [0.29, 0.717) is 23.5 Å². The lowest BCUT2D eigenvalue weighted by atomic mass is 9.78. The number of hydrogen-bond donors (Lipinski definition) is 0. The van der Waals surface area contributed by atoms with Crippen LogP contribution in [0, 0.1) is 18.2 Å². The first-order valence-electron chi connectivity index (χ1n) is 9.87. The van der Waals surface area contributed by atoms with E-state index in [1.165, 1.54) is 24.3 Å². The highest BCUT2D eigenvalue weighted by Crippen LogP contribution is 2.34. The van der Waals surface area contributed by atoms with Crippen molar-refractivity contribution < 1.29 is 22.3 Å². The third-order valence-electron chi connectivity index (χ3n) is 5.26. The Morgan fingerprint density at radius 2 is 1.52 bits per heavy atom. The summed E-state index contributed by atoms with van der Waals surface area (Å²) in [4.78, 5) is 0. The molecule has 0 aliphatic heterocycles. The summed E-state index contributed by atoms with van der Waals surface area (Å²) in [7, 11) is 0. The number of benzene rings is 3. The first kappa shape index (κ1) is 22.4. The molecule has 0 amide bonds. The Labute approximate surface area is 179 Å². The van der Waals surface area contributed by atoms with Crippen molar-refractivity contribution in [3.63, 3.8) is 0 Å². The van der Waals surface area contributed by atoms with Crippen molar-refractivity contribution in [2.24, 2.45) is 0 Å². The van der Waals surface area contributed by atoms with E-state index in [0.717, 1.165) is 30.5 Å². The van der Waals surface area contributed by atoms with E-state index in [2.05, 4.69) is 5.92 Å². The Morgan fingerprint density at radius 3 is 2.13 bits per heavy atom. The molecule has 0 spiro atoms. The molecule has 0 aromatic heterocycles. The lowest BCUT2D eigenvalue weighted by Gasteiger charge is -2.25. The average Bonchev–Trinajstić information content (AvgIpc) is 2.75. The second-order valence-corrected chi connectivity index (χ2v) is 7.61. The maximum Gasteiger partial charge on any atom is 0.416 e. The summed E-state index contributed by atoms with van der Waals surface area (Å²) in [6.07, 6.45) is 3.48. The first-order chi connectivity index (χ1) is 14.7. The Balaban J connectivity index is 1.63. The normalized spacial score (nSPS) is 13.3. The highest BCUT2D eigenvalue weighted by atomic mass is 19.4. The molecule has 31 heavy (non-hydrogen) atoms. The topological polar surface area (TPSA) is 9.23 Å². The molecule has 0 radical (unpaired) electrons. The van der Waals surface area contributed by atoms with Crippen LogP contribution in [0.4, 0.5) is 17.6 Å². The lowest BCUT2D eigenvalue weighted by Crippen LogP contribution is -2.20. The van der Waals surface area contributed by atoms with Gasteiger partial charge in [0.15, 0.2) is 0 Å². The molecule has 0 saturated carbocycles. The largest absolute Gasteiger partial charge is 0.457 e. The molecular formula is C26H22F4O. The zero-order valence-electron chi connectivity index (χ0n) is 17.0. The van der Waals surface area contributed by atoms with Crippen molar-refractivity contribution in [3.05, 3.63) is 95.3 Å². The van der Waals surface area contributed by atoms with Crippen molar-refractivity contribution in [2.75, 3.05) is 0 Å². The van der Waals surface area contributed by atoms with Crippen LogP contribution < -0.4 is 4.74 Å². The fourth-order valence-electron chi connectivity index (χ4n) is 3.38. The van der Waals surface area contributed by atoms with Crippen LogP contribution in [-0.2, 0) is 18.0 Å². The molecule has 5 heteroatoms. The molecule has 0 aliphatic carbocycles. The van der Waals surface area contributed by atoms with Gasteiger partial charge in [0.25, 0.3) is 0 Å². The van der Waals surface area contributed by atoms with Gasteiger partial charge >= 0.3 is 6.18 Å². The summed E-state index contributed by atoms with van der Waals surface area (Å²) in [5, 5.41) is 0. The minimum atomic E-state index is -4.37. The number of terminal acetylenes is 1. The lowest BCUT2D eigenvalue weighted by molar-refractivity contribution is -0.137. The third kappa shape index (κ3) is 5.88. The average molecular weight is 426 g/mol. The van der Waals surface area contributed by atoms with Gasteiger partial charge in [-0.1, -0.05) is 30.2 Å². The molecule has 1 nitrogen and oxygen atoms in total. The van der Waals surface area contributed by atoms with Crippen LogP contribution in [-0.4, -0.2) is 0 Å². The van der Waals surface area contributed by atoms with Gasteiger partial charge in [-0.15, -0.1) is 6.42 Å². The molecule has 0 N–H and O–H groups in total. The Bertz CT molecular complexity index is 1050. The Kier molecular flexibility index (Phi) is 6.70. The van der Waals surface area contributed by atoms with E-state index >= 15 is 0 Å². The Hall–Kier alpha value is -3.26. The molecule has 0 heterocycles. The first-order valence-corrected chi connectivity index (χ1v) is 9.87. The summed E-state index contributed by atoms with van der Waals surface area (Å²) in [5.74, 6) is 3.61. The van der Waals surface area contributed by atoms with Crippen LogP contribution in [0.1, 0.15) is 36.5 Å². The van der Waals surface area contributed by atoms with Gasteiger partial charge in [-0.3, -0.25) is 0 Å². The molecule has 3 rings (SSSR count). The second-order valence-electron chi connectivity index (χ2n) is 7.61. The van der Waals surface area contributed by atoms with Crippen LogP contribution in [0.5, 0.6) is 11.5 Å². The molecule has 0 saturated heterocycles. The molecule has 0 fully saturated rings. The van der Waals surface area contributed by atoms with Crippen molar-refractivity contribution in [3.8, 4) is 23.8 Å². The van der Waals surface area contributed by atoms with E-state index in [9.17, 15) is 17.6 Å². The van der Waals surface area contributed by atoms with E-state index in [4.69, 9.17) is 11.2 Å². The fraction of sp³-hybridized carbons (Fsp3) is 0.231. The molecule has 0 aliphatic rings. The summed E-state index contributed by atoms with van der Waals surface area (Å²) in [5.41, 5.74) is 0.392. The standard InChI is InChI=1S/C26H22F4O/c1-3-25(2,20-9-11-21(12-10-20)26(28,29)30)17-5-7-19-6-4-8-24(18-19)31-23-15-13-22(27)14-16-23/h1,4,6,8-16,18H,5,7,17H2,2H3. The van der Waals surface area contributed by atoms with Crippen LogP contribution in [0.3, 0.4) is 0 Å². The highest BCUT2D eigenvalue weighted by molar-refractivity contribution is 5.37. The number of aryl methyl sites for hydroxylation is 1. The van der Waals surface area contributed by atoms with Crippen molar-refractivity contribution in [2.45, 2.75) is 37.8 Å². The van der Waals surface area contributed by atoms with Gasteiger partial charge in [0, 0.05) is 0 Å². The maximum atomic E-state index is 13.0. The van der Waals surface area contributed by atoms with Crippen LogP contribution in [0.15, 0.2) is 72.8 Å². The van der Waals surface area contributed by atoms with Gasteiger partial charge in [-0.2, -0.15) is 13.2 Å². The number of ether oxygens (including phenoxy) is 1. The number of alkyl halides is 3. The predicted molar refractivity (Wildman–Crippen MR) is 113 cm³/mol. The summed E-state index contributed by atoms with van der Waals surface area (Å²) in [6.45, 7) is 1.86. The van der Waals surface area contributed by atoms with Gasteiger partial charge in [0.1, 0.15) is 17.3 Å². The molecule has 3 aromatic carbocycles. The van der Waals surface area contributed by atoms with Gasteiger partial charge in [-0.05, 0) is 85.8 Å². The predicted octanol–water partition coefficient (Wildman–Crippen LogP) is 7.55. The van der Waals surface area contributed by atoms with Crippen LogP contribution in [0.25, 0.3) is 0 Å². The van der Waals surface area contributed by atoms with Crippen molar-refractivity contribution in [1.82, 2.24) is 0 Å². The zero-order valence-corrected chi connectivity index (χ0v) is 17.0. The molecular weight excluding hydrogens is 404 g/mol. The monoisotopic (exact) mass is 426 g/mol. The van der Waals surface area contributed by atoms with Crippen LogP contribution in [0.2, 0.25) is 0 Å². The van der Waals surface area contributed by atoms with E-state index < -0.39 is 17.2 Å². The second kappa shape index (κ2) is 9.26. The van der Waals surface area contributed by atoms with Gasteiger partial charge in [0.2, 0.25) is 0 Å². The SMILES string of the molecule is C#CC(C)(CCCc1cccc(Oc2ccc(F)cc2)c1)c1ccc(C(F)(F)F)cc1. The third-order valence-corrected chi connectivity index (χ3v) is 5.26. The quantitative estimate of drug-likeness (QED) is 0.280. The molecule has 0 bridgehead atoms. The fourth-order valence-corrected chi connectivity index (χ4v) is 3.38. The summed E-state index contributed by atoms with van der Waals surface area (Å²) in [6, 6.07) is 18.4. The maximum absolute atomic E-state index is 13.0. The minimum Gasteiger partial charge on any atom is -0.457 e. The highest BCUT2D eigenvalue weighted by Gasteiger charge is 2.31. The van der Waals surface area contributed by atoms with E-state index in [-0.39, 0.29) is 5.82 Å². The van der Waals surface area contributed by atoms with E-state index in [1.54, 1.807) is 12.1 Å². The van der Waals surface area contributed by atoms with E-state index in [1.807, 2.05) is 31.2 Å². The van der Waals surface area contributed by atoms with Gasteiger partial charge < -0.3 is 4.74 Å². The summed E-state index contributed by atoms with van der Waals surface area (Å²) >= 11 is 0. The molecule has 160 valence electrons. The number of halogens is 4. The molecule has 1 unspecified atom stereocenters. The zero-order chi connectivity index (χ0) is 22.5. The minimum absolute atomic E-state index is 0.328. The number of hydrogen-bond acceptors (Lipinski definition) is 1. The smallest absolute Gasteiger partial charge is 0.416 e. The summed E-state index contributed by atoms with van der Waals surface area (Å²) < 4.78 is 57.2. The van der Waals surface area contributed by atoms with Crippen LogP contribution >= 0.6 is 0 Å².